The molecule has 13 atom stereocenters. The van der Waals surface area contributed by atoms with Gasteiger partial charge in [0.15, 0.2) is 0 Å². The summed E-state index contributed by atoms with van der Waals surface area (Å²) in [4.78, 5) is 55.7. The van der Waals surface area contributed by atoms with Gasteiger partial charge in [-0.25, -0.2) is 0 Å². The number of ketones is 4. The highest BCUT2D eigenvalue weighted by Gasteiger charge is 2.46. The fourth-order valence-electron chi connectivity index (χ4n) is 19.3. The van der Waals surface area contributed by atoms with Gasteiger partial charge in [0.25, 0.3) is 0 Å². The molecule has 0 bridgehead atoms. The first-order valence-corrected chi connectivity index (χ1v) is 38.4. The predicted molar refractivity (Wildman–Crippen MR) is 350 cm³/mol. The lowest BCUT2D eigenvalue weighted by Gasteiger charge is -2.47. The maximum absolute atomic E-state index is 14.4. The van der Waals surface area contributed by atoms with E-state index in [1.54, 1.807) is 0 Å². The van der Waals surface area contributed by atoms with E-state index >= 15 is 0 Å². The van der Waals surface area contributed by atoms with Gasteiger partial charge < -0.3 is 0 Å². The monoisotopic (exact) mass is 1140 g/mol. The Bertz CT molecular complexity index is 1680. The molecule has 6 aliphatic rings. The van der Waals surface area contributed by atoms with Crippen molar-refractivity contribution in [3.05, 3.63) is 0 Å². The molecule has 0 amide bonds. The SMILES string of the molecule is CCCCCCCCCCCCC1CCCC2CC(C(=O)CCCCC(=O)C3CCC4C(CCC(C(=O)CCCCC(=O)C5CCC6C(CCCCCCCCCCCC)CCCC6C5)C4CCCCCCCCCCCC)C3)CCC12. The third-order valence-corrected chi connectivity index (χ3v) is 24.3. The number of fused-ring (bicyclic) bond motifs is 3. The largest absolute Gasteiger partial charge is 0.299 e. The number of rotatable bonds is 47. The molecule has 0 aromatic rings. The Kier molecular flexibility index (Phi) is 36.2. The van der Waals surface area contributed by atoms with Crippen LogP contribution in [0, 0.1) is 76.9 Å². The summed E-state index contributed by atoms with van der Waals surface area (Å²) in [7, 11) is 0. The molecule has 6 rings (SSSR count). The van der Waals surface area contributed by atoms with Crippen LogP contribution >= 0.6 is 0 Å². The minimum Gasteiger partial charge on any atom is -0.299 e. The van der Waals surface area contributed by atoms with Gasteiger partial charge >= 0.3 is 0 Å². The molecule has 13 unspecified atom stereocenters. The molecule has 474 valence electrons. The number of hydrogen-bond acceptors (Lipinski definition) is 4. The first-order chi connectivity index (χ1) is 40.3. The Morgan fingerprint density at radius 3 is 0.939 bits per heavy atom. The van der Waals surface area contributed by atoms with Crippen LogP contribution in [0.15, 0.2) is 0 Å². The van der Waals surface area contributed by atoms with Crippen molar-refractivity contribution in [2.24, 2.45) is 76.9 Å². The number of unbranched alkanes of at least 4 members (excludes halogenated alkanes) is 29. The summed E-state index contributed by atoms with van der Waals surface area (Å²) in [5.74, 6) is 9.65. The molecule has 0 saturated heterocycles. The van der Waals surface area contributed by atoms with Gasteiger partial charge in [0.1, 0.15) is 23.1 Å². The molecule has 6 fully saturated rings. The molecule has 6 aliphatic carbocycles. The number of hydrogen-bond donors (Lipinski definition) is 0. The van der Waals surface area contributed by atoms with Crippen molar-refractivity contribution in [3.63, 3.8) is 0 Å². The summed E-state index contributed by atoms with van der Waals surface area (Å²) in [5, 5.41) is 0. The molecule has 0 aromatic carbocycles. The van der Waals surface area contributed by atoms with E-state index in [0.29, 0.717) is 66.6 Å². The highest BCUT2D eigenvalue weighted by atomic mass is 16.1. The second-order valence-corrected chi connectivity index (χ2v) is 30.2. The summed E-state index contributed by atoms with van der Waals surface area (Å²) < 4.78 is 0. The van der Waals surface area contributed by atoms with Crippen LogP contribution in [0.25, 0.3) is 0 Å². The van der Waals surface area contributed by atoms with E-state index in [9.17, 15) is 19.2 Å². The molecule has 0 N–H and O–H groups in total. The summed E-state index contributed by atoms with van der Waals surface area (Å²) in [6.07, 6.45) is 72.7. The van der Waals surface area contributed by atoms with Crippen LogP contribution < -0.4 is 0 Å². The highest BCUT2D eigenvalue weighted by molar-refractivity contribution is 5.83. The topological polar surface area (TPSA) is 68.3 Å². The standard InChI is InChI=1S/C78H138O4/c1-4-7-10-13-16-19-22-25-28-31-40-62-42-38-44-64-59-67(52-55-70(62)64)75(79)47-34-35-48-77(81)69-54-57-72-66(61-69)51-58-74(73(72)46-33-30-27-24-21-18-15-12-9-6-3)78(82)50-37-36-49-76(80)68-53-56-71-63(43-39-45-65(71)60-68)41-32-29-26-23-20-17-14-11-8-5-2/h62-74H,4-61H2,1-3H3. The van der Waals surface area contributed by atoms with Crippen molar-refractivity contribution in [2.45, 2.75) is 393 Å². The lowest BCUT2D eigenvalue weighted by Crippen LogP contribution is -2.42. The van der Waals surface area contributed by atoms with Crippen LogP contribution in [0.2, 0.25) is 0 Å². The maximum atomic E-state index is 14.4. The van der Waals surface area contributed by atoms with Crippen LogP contribution in [0.3, 0.4) is 0 Å². The van der Waals surface area contributed by atoms with Crippen molar-refractivity contribution < 1.29 is 19.2 Å². The van der Waals surface area contributed by atoms with Crippen LogP contribution in [-0.2, 0) is 19.2 Å². The summed E-state index contributed by atoms with van der Waals surface area (Å²) in [6.45, 7) is 6.91. The minimum absolute atomic E-state index is 0.179. The van der Waals surface area contributed by atoms with Gasteiger partial charge in [-0.3, -0.25) is 19.2 Å². The van der Waals surface area contributed by atoms with E-state index in [4.69, 9.17) is 0 Å². The Hall–Kier alpha value is -1.32. The maximum Gasteiger partial charge on any atom is 0.136 e. The molecule has 0 aromatic heterocycles. The number of Topliss-reactive ketones (excluding diaryl/α,β-unsaturated/α-hetero) is 4. The lowest BCUT2D eigenvalue weighted by molar-refractivity contribution is -0.132. The van der Waals surface area contributed by atoms with Crippen LogP contribution in [0.1, 0.15) is 393 Å². The Labute approximate surface area is 509 Å². The van der Waals surface area contributed by atoms with Crippen molar-refractivity contribution in [3.8, 4) is 0 Å². The molecule has 0 aliphatic heterocycles. The molecule has 82 heavy (non-hydrogen) atoms. The second kappa shape index (κ2) is 42.5. The van der Waals surface area contributed by atoms with Gasteiger partial charge in [-0.2, -0.15) is 0 Å². The Morgan fingerprint density at radius 2 is 0.573 bits per heavy atom. The number of carbonyl (C=O) groups is 4. The zero-order valence-corrected chi connectivity index (χ0v) is 55.2. The van der Waals surface area contributed by atoms with Crippen molar-refractivity contribution >= 4 is 23.1 Å². The van der Waals surface area contributed by atoms with E-state index in [2.05, 4.69) is 20.8 Å². The van der Waals surface area contributed by atoms with E-state index in [1.807, 2.05) is 0 Å². The molecule has 4 nitrogen and oxygen atoms in total. The molecular weight excluding hydrogens is 1000 g/mol. The lowest BCUT2D eigenvalue weighted by atomic mass is 9.57. The van der Waals surface area contributed by atoms with Gasteiger partial charge in [0.05, 0.1) is 0 Å². The summed E-state index contributed by atoms with van der Waals surface area (Å²) in [5.41, 5.74) is 0. The van der Waals surface area contributed by atoms with Crippen molar-refractivity contribution in [1.82, 2.24) is 0 Å². The molecule has 0 radical (unpaired) electrons. The van der Waals surface area contributed by atoms with Gasteiger partial charge in [0.2, 0.25) is 0 Å². The normalized spacial score (nSPS) is 29.2. The van der Waals surface area contributed by atoms with E-state index in [0.717, 1.165) is 119 Å². The molecule has 6 saturated carbocycles. The predicted octanol–water partition coefficient (Wildman–Crippen LogP) is 24.0. The third kappa shape index (κ3) is 25.4. The summed E-state index contributed by atoms with van der Waals surface area (Å²) >= 11 is 0. The molecular formula is C78H138O4. The average Bonchev–Trinajstić information content (AvgIpc) is 3.69. The third-order valence-electron chi connectivity index (χ3n) is 24.3. The second-order valence-electron chi connectivity index (χ2n) is 30.2. The Morgan fingerprint density at radius 1 is 0.268 bits per heavy atom. The minimum atomic E-state index is 0.179. The fraction of sp³-hybridized carbons (Fsp3) is 0.949. The van der Waals surface area contributed by atoms with E-state index < -0.39 is 0 Å². The molecule has 0 spiro atoms. The molecule has 0 heterocycles. The zero-order valence-electron chi connectivity index (χ0n) is 55.2. The quantitative estimate of drug-likeness (QED) is 0.0570. The zero-order chi connectivity index (χ0) is 57.8. The number of carbonyl (C=O) groups excluding carboxylic acids is 4. The van der Waals surface area contributed by atoms with Crippen LogP contribution in [-0.4, -0.2) is 23.1 Å². The van der Waals surface area contributed by atoms with E-state index in [-0.39, 0.29) is 23.7 Å². The van der Waals surface area contributed by atoms with E-state index in [1.165, 1.54) is 263 Å². The summed E-state index contributed by atoms with van der Waals surface area (Å²) in [6, 6.07) is 0. The van der Waals surface area contributed by atoms with Gasteiger partial charge in [-0.15, -0.1) is 0 Å². The van der Waals surface area contributed by atoms with Gasteiger partial charge in [-0.05, 0) is 156 Å². The first-order valence-electron chi connectivity index (χ1n) is 38.4. The fourth-order valence-corrected chi connectivity index (χ4v) is 19.3. The molecule has 4 heteroatoms. The highest BCUT2D eigenvalue weighted by Crippen LogP contribution is 2.52. The van der Waals surface area contributed by atoms with Crippen molar-refractivity contribution in [2.75, 3.05) is 0 Å². The average molecular weight is 1140 g/mol. The van der Waals surface area contributed by atoms with Crippen molar-refractivity contribution in [1.29, 1.82) is 0 Å². The van der Waals surface area contributed by atoms with Crippen LogP contribution in [0.5, 0.6) is 0 Å². The van der Waals surface area contributed by atoms with Crippen LogP contribution in [0.4, 0.5) is 0 Å². The van der Waals surface area contributed by atoms with Gasteiger partial charge in [0, 0.05) is 49.4 Å². The van der Waals surface area contributed by atoms with Gasteiger partial charge in [-0.1, -0.05) is 265 Å². The Balaban J connectivity index is 0.866. The smallest absolute Gasteiger partial charge is 0.136 e. The first kappa shape index (κ1) is 69.8.